The largest absolute Gasteiger partial charge is 0.480 e. The van der Waals surface area contributed by atoms with Gasteiger partial charge in [0.05, 0.1) is 0 Å². The lowest BCUT2D eigenvalue weighted by Crippen LogP contribution is -2.35. The second kappa shape index (κ2) is 3.93. The standard InChI is InChI=1S/C12H15NO2/c1-9-4-6-10(7-5-9)13-8-2-3-11(13)12(14)15/h4-7,11H,2-3,8H2,1H3,(H,14,15)/t11-/m0/s1. The third-order valence-corrected chi connectivity index (χ3v) is 2.90. The van der Waals surface area contributed by atoms with E-state index in [1.54, 1.807) is 0 Å². The van der Waals surface area contributed by atoms with E-state index >= 15 is 0 Å². The second-order valence-corrected chi connectivity index (χ2v) is 4.03. The molecule has 1 fully saturated rings. The van der Waals surface area contributed by atoms with Gasteiger partial charge in [-0.2, -0.15) is 0 Å². The lowest BCUT2D eigenvalue weighted by Gasteiger charge is -2.23. The van der Waals surface area contributed by atoms with Gasteiger partial charge < -0.3 is 10.0 Å². The van der Waals surface area contributed by atoms with E-state index in [0.717, 1.165) is 25.1 Å². The topological polar surface area (TPSA) is 40.5 Å². The summed E-state index contributed by atoms with van der Waals surface area (Å²) in [4.78, 5) is 13.0. The molecule has 3 nitrogen and oxygen atoms in total. The molecule has 2 rings (SSSR count). The molecule has 0 aromatic heterocycles. The molecule has 80 valence electrons. The fourth-order valence-electron chi connectivity index (χ4n) is 2.07. The van der Waals surface area contributed by atoms with E-state index in [9.17, 15) is 4.79 Å². The molecule has 1 saturated heterocycles. The van der Waals surface area contributed by atoms with Gasteiger partial charge in [0.25, 0.3) is 0 Å². The van der Waals surface area contributed by atoms with Crippen molar-refractivity contribution in [2.75, 3.05) is 11.4 Å². The van der Waals surface area contributed by atoms with Crippen LogP contribution in [0, 0.1) is 6.92 Å². The van der Waals surface area contributed by atoms with Crippen LogP contribution in [0.4, 0.5) is 5.69 Å². The predicted molar refractivity (Wildman–Crippen MR) is 59.2 cm³/mol. The third kappa shape index (κ3) is 1.96. The maximum absolute atomic E-state index is 11.0. The van der Waals surface area contributed by atoms with Gasteiger partial charge in [0.1, 0.15) is 6.04 Å². The Balaban J connectivity index is 2.22. The van der Waals surface area contributed by atoms with Crippen LogP contribution in [0.15, 0.2) is 24.3 Å². The number of carboxylic acid groups (broad SMARTS) is 1. The van der Waals surface area contributed by atoms with Crippen molar-refractivity contribution < 1.29 is 9.90 Å². The maximum Gasteiger partial charge on any atom is 0.326 e. The number of benzene rings is 1. The van der Waals surface area contributed by atoms with Gasteiger partial charge >= 0.3 is 5.97 Å². The van der Waals surface area contributed by atoms with E-state index < -0.39 is 5.97 Å². The van der Waals surface area contributed by atoms with E-state index in [1.807, 2.05) is 36.1 Å². The minimum absolute atomic E-state index is 0.340. The summed E-state index contributed by atoms with van der Waals surface area (Å²) in [7, 11) is 0. The summed E-state index contributed by atoms with van der Waals surface area (Å²) in [6.07, 6.45) is 1.72. The molecule has 1 aliphatic heterocycles. The lowest BCUT2D eigenvalue weighted by molar-refractivity contribution is -0.138. The molecule has 3 heteroatoms. The van der Waals surface area contributed by atoms with E-state index in [2.05, 4.69) is 0 Å². The summed E-state index contributed by atoms with van der Waals surface area (Å²) >= 11 is 0. The number of carboxylic acids is 1. The Morgan fingerprint density at radius 3 is 2.67 bits per heavy atom. The number of nitrogens with zero attached hydrogens (tertiary/aromatic N) is 1. The number of anilines is 1. The first-order valence-electron chi connectivity index (χ1n) is 5.24. The Morgan fingerprint density at radius 1 is 1.40 bits per heavy atom. The minimum atomic E-state index is -0.715. The highest BCUT2D eigenvalue weighted by Gasteiger charge is 2.30. The van der Waals surface area contributed by atoms with Crippen molar-refractivity contribution in [3.63, 3.8) is 0 Å². The van der Waals surface area contributed by atoms with Crippen LogP contribution in [0.5, 0.6) is 0 Å². The first-order chi connectivity index (χ1) is 7.18. The van der Waals surface area contributed by atoms with Crippen LogP contribution in [0.2, 0.25) is 0 Å². The summed E-state index contributed by atoms with van der Waals surface area (Å²) in [5.74, 6) is -0.715. The van der Waals surface area contributed by atoms with Crippen molar-refractivity contribution in [1.82, 2.24) is 0 Å². The van der Waals surface area contributed by atoms with Crippen LogP contribution in [-0.2, 0) is 4.79 Å². The number of aliphatic carboxylic acids is 1. The fourth-order valence-corrected chi connectivity index (χ4v) is 2.07. The molecule has 1 N–H and O–H groups in total. The zero-order chi connectivity index (χ0) is 10.8. The molecule has 1 atom stereocenters. The first-order valence-corrected chi connectivity index (χ1v) is 5.24. The van der Waals surface area contributed by atoms with Crippen molar-refractivity contribution in [2.45, 2.75) is 25.8 Å². The molecule has 1 aliphatic rings. The highest BCUT2D eigenvalue weighted by Crippen LogP contribution is 2.25. The molecule has 1 aromatic carbocycles. The monoisotopic (exact) mass is 205 g/mol. The predicted octanol–water partition coefficient (Wildman–Crippen LogP) is 2.05. The van der Waals surface area contributed by atoms with Crippen LogP contribution < -0.4 is 4.90 Å². The fraction of sp³-hybridized carbons (Fsp3) is 0.417. The van der Waals surface area contributed by atoms with Crippen molar-refractivity contribution in [3.05, 3.63) is 29.8 Å². The van der Waals surface area contributed by atoms with Gasteiger partial charge in [0, 0.05) is 12.2 Å². The highest BCUT2D eigenvalue weighted by molar-refractivity contribution is 5.79. The third-order valence-electron chi connectivity index (χ3n) is 2.90. The van der Waals surface area contributed by atoms with Gasteiger partial charge in [0.15, 0.2) is 0 Å². The summed E-state index contributed by atoms with van der Waals surface area (Å²) in [5.41, 5.74) is 2.22. The highest BCUT2D eigenvalue weighted by atomic mass is 16.4. The van der Waals surface area contributed by atoms with Crippen LogP contribution in [-0.4, -0.2) is 23.7 Å². The Labute approximate surface area is 89.3 Å². The summed E-state index contributed by atoms with van der Waals surface area (Å²) in [6.45, 7) is 2.88. The minimum Gasteiger partial charge on any atom is -0.480 e. The average Bonchev–Trinajstić information content (AvgIpc) is 2.67. The summed E-state index contributed by atoms with van der Waals surface area (Å²) in [6, 6.07) is 7.69. The van der Waals surface area contributed by atoms with E-state index in [-0.39, 0.29) is 6.04 Å². The summed E-state index contributed by atoms with van der Waals surface area (Å²) < 4.78 is 0. The Hall–Kier alpha value is -1.51. The molecular formula is C12H15NO2. The van der Waals surface area contributed by atoms with E-state index in [4.69, 9.17) is 5.11 Å². The summed E-state index contributed by atoms with van der Waals surface area (Å²) in [5, 5.41) is 9.06. The normalized spacial score (nSPS) is 20.6. The van der Waals surface area contributed by atoms with Gasteiger partial charge in [-0.05, 0) is 31.9 Å². The molecule has 0 amide bonds. The molecular weight excluding hydrogens is 190 g/mol. The second-order valence-electron chi connectivity index (χ2n) is 4.03. The Morgan fingerprint density at radius 2 is 2.07 bits per heavy atom. The van der Waals surface area contributed by atoms with Crippen LogP contribution in [0.3, 0.4) is 0 Å². The number of aryl methyl sites for hydroxylation is 1. The van der Waals surface area contributed by atoms with Gasteiger partial charge in [-0.25, -0.2) is 4.79 Å². The van der Waals surface area contributed by atoms with Crippen LogP contribution in [0.25, 0.3) is 0 Å². The van der Waals surface area contributed by atoms with Crippen molar-refractivity contribution in [1.29, 1.82) is 0 Å². The van der Waals surface area contributed by atoms with Crippen molar-refractivity contribution in [2.24, 2.45) is 0 Å². The van der Waals surface area contributed by atoms with Gasteiger partial charge in [0.2, 0.25) is 0 Å². The molecule has 0 bridgehead atoms. The average molecular weight is 205 g/mol. The Bertz CT molecular complexity index is 358. The molecule has 1 heterocycles. The SMILES string of the molecule is Cc1ccc(N2CCC[C@H]2C(=O)O)cc1. The zero-order valence-corrected chi connectivity index (χ0v) is 8.81. The van der Waals surface area contributed by atoms with E-state index in [0.29, 0.717) is 0 Å². The zero-order valence-electron chi connectivity index (χ0n) is 8.81. The molecule has 15 heavy (non-hydrogen) atoms. The van der Waals surface area contributed by atoms with E-state index in [1.165, 1.54) is 5.56 Å². The molecule has 0 saturated carbocycles. The molecule has 1 aromatic rings. The maximum atomic E-state index is 11.0. The van der Waals surface area contributed by atoms with Gasteiger partial charge in [-0.3, -0.25) is 0 Å². The number of carbonyl (C=O) groups is 1. The molecule has 0 unspecified atom stereocenters. The van der Waals surface area contributed by atoms with Crippen molar-refractivity contribution in [3.8, 4) is 0 Å². The number of hydrogen-bond acceptors (Lipinski definition) is 2. The lowest BCUT2D eigenvalue weighted by atomic mass is 10.2. The molecule has 0 radical (unpaired) electrons. The quantitative estimate of drug-likeness (QED) is 0.803. The van der Waals surface area contributed by atoms with Gasteiger partial charge in [-0.15, -0.1) is 0 Å². The van der Waals surface area contributed by atoms with Crippen molar-refractivity contribution >= 4 is 11.7 Å². The van der Waals surface area contributed by atoms with Crippen LogP contribution >= 0.6 is 0 Å². The number of rotatable bonds is 2. The smallest absolute Gasteiger partial charge is 0.326 e. The molecule has 0 spiro atoms. The van der Waals surface area contributed by atoms with Gasteiger partial charge in [-0.1, -0.05) is 17.7 Å². The Kier molecular flexibility index (Phi) is 2.62. The number of hydrogen-bond donors (Lipinski definition) is 1. The van der Waals surface area contributed by atoms with Crippen LogP contribution in [0.1, 0.15) is 18.4 Å². The molecule has 0 aliphatic carbocycles. The first kappa shape index (κ1) is 10.0.